The van der Waals surface area contributed by atoms with Crippen LogP contribution in [0.5, 0.6) is 5.75 Å². The van der Waals surface area contributed by atoms with Crippen LogP contribution in [0.15, 0.2) is 29.3 Å². The third-order valence-corrected chi connectivity index (χ3v) is 4.72. The number of aromatic nitrogens is 2. The molecule has 0 radical (unpaired) electrons. The van der Waals surface area contributed by atoms with E-state index < -0.39 is 0 Å². The van der Waals surface area contributed by atoms with E-state index in [9.17, 15) is 9.59 Å². The number of hydrogen-bond acceptors (Lipinski definition) is 4. The largest absolute Gasteiger partial charge is 0.496 e. The van der Waals surface area contributed by atoms with Gasteiger partial charge >= 0.3 is 0 Å². The second kappa shape index (κ2) is 5.37. The van der Waals surface area contributed by atoms with Gasteiger partial charge in [-0.05, 0) is 25.0 Å². The van der Waals surface area contributed by atoms with Gasteiger partial charge in [0.05, 0.1) is 19.0 Å². The zero-order valence-electron chi connectivity index (χ0n) is 13.1. The van der Waals surface area contributed by atoms with E-state index >= 15 is 0 Å². The molecule has 1 saturated heterocycles. The Morgan fingerprint density at radius 2 is 2.13 bits per heavy atom. The highest BCUT2D eigenvalue weighted by atomic mass is 16.5. The Kier molecular flexibility index (Phi) is 3.32. The summed E-state index contributed by atoms with van der Waals surface area (Å²) in [5.74, 6) is 0.933. The molecule has 6 heteroatoms. The molecule has 0 unspecified atom stereocenters. The number of fused-ring (bicyclic) bond motifs is 1. The number of benzene rings is 1. The molecule has 1 amide bonds. The van der Waals surface area contributed by atoms with Crippen molar-refractivity contribution in [2.45, 2.75) is 31.8 Å². The highest BCUT2D eigenvalue weighted by Crippen LogP contribution is 2.33. The van der Waals surface area contributed by atoms with E-state index in [2.05, 4.69) is 4.98 Å². The van der Waals surface area contributed by atoms with Crippen molar-refractivity contribution in [1.82, 2.24) is 14.5 Å². The molecule has 1 aliphatic heterocycles. The molecule has 0 spiro atoms. The summed E-state index contributed by atoms with van der Waals surface area (Å²) in [6.07, 6.45) is 4.33. The number of likely N-dealkylation sites (tertiary alicyclic amines) is 1. The van der Waals surface area contributed by atoms with E-state index in [-0.39, 0.29) is 17.4 Å². The van der Waals surface area contributed by atoms with Crippen molar-refractivity contribution in [3.63, 3.8) is 0 Å². The molecule has 2 heterocycles. The molecule has 6 nitrogen and oxygen atoms in total. The van der Waals surface area contributed by atoms with E-state index in [1.165, 1.54) is 0 Å². The number of rotatable bonds is 4. The summed E-state index contributed by atoms with van der Waals surface area (Å²) in [6.45, 7) is 1.27. The van der Waals surface area contributed by atoms with Crippen LogP contribution in [0.1, 0.15) is 19.3 Å². The monoisotopic (exact) mass is 313 g/mol. The van der Waals surface area contributed by atoms with Gasteiger partial charge in [0.2, 0.25) is 5.91 Å². The summed E-state index contributed by atoms with van der Waals surface area (Å²) < 4.78 is 6.90. The summed E-state index contributed by atoms with van der Waals surface area (Å²) in [5, 5.41) is 0.501. The molecule has 0 N–H and O–H groups in total. The lowest BCUT2D eigenvalue weighted by molar-refractivity contribution is -0.128. The van der Waals surface area contributed by atoms with E-state index in [4.69, 9.17) is 4.74 Å². The third kappa shape index (κ3) is 2.48. The maximum absolute atomic E-state index is 12.7. The molecule has 2 fully saturated rings. The predicted octanol–water partition coefficient (Wildman–Crippen LogP) is 1.42. The van der Waals surface area contributed by atoms with Crippen molar-refractivity contribution in [1.29, 1.82) is 0 Å². The number of ether oxygens (including phenoxy) is 1. The van der Waals surface area contributed by atoms with Crippen molar-refractivity contribution in [3.05, 3.63) is 34.9 Å². The lowest BCUT2D eigenvalue weighted by Gasteiger charge is -2.16. The van der Waals surface area contributed by atoms with Gasteiger partial charge in [-0.15, -0.1) is 0 Å². The number of nitrogens with zero attached hydrogens (tertiary/aromatic N) is 3. The van der Waals surface area contributed by atoms with Crippen LogP contribution < -0.4 is 10.3 Å². The standard InChI is InChI=1S/C17H19N3O3/c1-23-14-4-2-3-13-16(14)17(22)19(10-18-13)8-11-7-15(21)20(9-11)12-5-6-12/h2-4,10-12H,5-9H2,1H3/t11-/m0/s1. The van der Waals surface area contributed by atoms with Gasteiger partial charge in [-0.2, -0.15) is 0 Å². The van der Waals surface area contributed by atoms with Crippen LogP contribution in [0.2, 0.25) is 0 Å². The van der Waals surface area contributed by atoms with Crippen molar-refractivity contribution < 1.29 is 9.53 Å². The fraction of sp³-hybridized carbons (Fsp3) is 0.471. The van der Waals surface area contributed by atoms with Crippen molar-refractivity contribution in [2.75, 3.05) is 13.7 Å². The SMILES string of the molecule is COc1cccc2ncn(C[C@@H]3CC(=O)N(C4CC4)C3)c(=O)c12. The second-order valence-corrected chi connectivity index (χ2v) is 6.40. The average Bonchev–Trinajstić information content (AvgIpc) is 3.33. The minimum Gasteiger partial charge on any atom is -0.496 e. The van der Waals surface area contributed by atoms with Crippen LogP contribution in [0.4, 0.5) is 0 Å². The van der Waals surface area contributed by atoms with Gasteiger partial charge in [-0.1, -0.05) is 6.07 Å². The first-order valence-electron chi connectivity index (χ1n) is 7.99. The predicted molar refractivity (Wildman–Crippen MR) is 85.4 cm³/mol. The highest BCUT2D eigenvalue weighted by molar-refractivity contribution is 5.84. The van der Waals surface area contributed by atoms with Crippen LogP contribution in [0, 0.1) is 5.92 Å². The van der Waals surface area contributed by atoms with Gasteiger partial charge in [-0.25, -0.2) is 4.98 Å². The Balaban J connectivity index is 1.63. The number of carbonyl (C=O) groups is 1. The average molecular weight is 313 g/mol. The number of amides is 1. The zero-order chi connectivity index (χ0) is 16.0. The molecular weight excluding hydrogens is 294 g/mol. The van der Waals surface area contributed by atoms with Gasteiger partial charge in [0.15, 0.2) is 0 Å². The van der Waals surface area contributed by atoms with E-state index in [1.54, 1.807) is 30.1 Å². The van der Waals surface area contributed by atoms with Gasteiger partial charge in [0, 0.05) is 31.5 Å². The van der Waals surface area contributed by atoms with E-state index in [0.717, 1.165) is 19.4 Å². The van der Waals surface area contributed by atoms with Gasteiger partial charge < -0.3 is 9.64 Å². The Labute approximate surface area is 133 Å². The molecule has 2 aliphatic rings. The summed E-state index contributed by atoms with van der Waals surface area (Å²) in [5.41, 5.74) is 0.525. The summed E-state index contributed by atoms with van der Waals surface area (Å²) in [4.78, 5) is 31.1. The molecule has 0 bridgehead atoms. The normalized spacial score (nSPS) is 21.2. The lowest BCUT2D eigenvalue weighted by atomic mass is 10.1. The maximum atomic E-state index is 12.7. The summed E-state index contributed by atoms with van der Waals surface area (Å²) in [7, 11) is 1.55. The first-order valence-corrected chi connectivity index (χ1v) is 7.99. The molecule has 120 valence electrons. The molecule has 4 rings (SSSR count). The molecule has 1 atom stereocenters. The Morgan fingerprint density at radius 3 is 2.87 bits per heavy atom. The molecule has 2 aromatic rings. The van der Waals surface area contributed by atoms with Crippen molar-refractivity contribution in [2.24, 2.45) is 5.92 Å². The van der Waals surface area contributed by atoms with E-state index in [0.29, 0.717) is 35.7 Å². The van der Waals surface area contributed by atoms with Crippen molar-refractivity contribution in [3.8, 4) is 5.75 Å². The van der Waals surface area contributed by atoms with Crippen LogP contribution >= 0.6 is 0 Å². The highest BCUT2D eigenvalue weighted by Gasteiger charge is 2.39. The lowest BCUT2D eigenvalue weighted by Crippen LogP contribution is -2.29. The molecule has 1 aromatic heterocycles. The van der Waals surface area contributed by atoms with Gasteiger partial charge in [0.1, 0.15) is 11.1 Å². The third-order valence-electron chi connectivity index (χ3n) is 4.72. The second-order valence-electron chi connectivity index (χ2n) is 6.40. The van der Waals surface area contributed by atoms with Crippen LogP contribution in [-0.4, -0.2) is 40.1 Å². The van der Waals surface area contributed by atoms with Crippen LogP contribution in [0.25, 0.3) is 10.9 Å². The minimum absolute atomic E-state index is 0.107. The first-order chi connectivity index (χ1) is 11.2. The Morgan fingerprint density at radius 1 is 1.30 bits per heavy atom. The minimum atomic E-state index is -0.107. The van der Waals surface area contributed by atoms with Crippen LogP contribution in [-0.2, 0) is 11.3 Å². The maximum Gasteiger partial charge on any atom is 0.264 e. The number of methoxy groups -OCH3 is 1. The first kappa shape index (κ1) is 14.2. The smallest absolute Gasteiger partial charge is 0.264 e. The topological polar surface area (TPSA) is 64.4 Å². The fourth-order valence-electron chi connectivity index (χ4n) is 3.42. The van der Waals surface area contributed by atoms with Gasteiger partial charge in [-0.3, -0.25) is 14.2 Å². The zero-order valence-corrected chi connectivity index (χ0v) is 13.1. The van der Waals surface area contributed by atoms with Crippen molar-refractivity contribution >= 4 is 16.8 Å². The summed E-state index contributed by atoms with van der Waals surface area (Å²) in [6, 6.07) is 5.83. The Bertz CT molecular complexity index is 825. The number of carbonyl (C=O) groups excluding carboxylic acids is 1. The number of hydrogen-bond donors (Lipinski definition) is 0. The van der Waals surface area contributed by atoms with Crippen LogP contribution in [0.3, 0.4) is 0 Å². The Hall–Kier alpha value is -2.37. The molecule has 1 aliphatic carbocycles. The molecule has 23 heavy (non-hydrogen) atoms. The fourth-order valence-corrected chi connectivity index (χ4v) is 3.42. The quantitative estimate of drug-likeness (QED) is 0.856. The summed E-state index contributed by atoms with van der Waals surface area (Å²) >= 11 is 0. The molecule has 1 aromatic carbocycles. The molecular formula is C17H19N3O3. The van der Waals surface area contributed by atoms with Gasteiger partial charge in [0.25, 0.3) is 5.56 Å². The van der Waals surface area contributed by atoms with E-state index in [1.807, 2.05) is 11.0 Å². The molecule has 1 saturated carbocycles.